The van der Waals surface area contributed by atoms with Crippen molar-refractivity contribution in [3.8, 4) is 5.75 Å². The molecule has 0 aliphatic carbocycles. The Bertz CT molecular complexity index is 472. The second-order valence-corrected chi connectivity index (χ2v) is 4.42. The number of aryl methyl sites for hydroxylation is 1. The van der Waals surface area contributed by atoms with Crippen molar-refractivity contribution in [1.29, 1.82) is 0 Å². The van der Waals surface area contributed by atoms with Gasteiger partial charge in [0, 0.05) is 5.75 Å². The van der Waals surface area contributed by atoms with E-state index in [2.05, 4.69) is 15.2 Å². The zero-order chi connectivity index (χ0) is 12.1. The zero-order valence-corrected chi connectivity index (χ0v) is 10.1. The summed E-state index contributed by atoms with van der Waals surface area (Å²) >= 11 is 1.51. The van der Waals surface area contributed by atoms with Crippen molar-refractivity contribution in [2.24, 2.45) is 0 Å². The molecule has 0 bridgehead atoms. The third kappa shape index (κ3) is 3.74. The summed E-state index contributed by atoms with van der Waals surface area (Å²) in [6.07, 6.45) is 0. The molecule has 1 heterocycles. The molecule has 1 N–H and O–H groups in total. The minimum Gasteiger partial charge on any atom is -0.493 e. The van der Waals surface area contributed by atoms with E-state index in [1.165, 1.54) is 23.9 Å². The molecule has 17 heavy (non-hydrogen) atoms. The largest absolute Gasteiger partial charge is 0.493 e. The molecule has 2 aromatic rings. The maximum Gasteiger partial charge on any atom is 0.208 e. The summed E-state index contributed by atoms with van der Waals surface area (Å²) in [5.74, 6) is 1.95. The first-order valence-corrected chi connectivity index (χ1v) is 6.13. The van der Waals surface area contributed by atoms with E-state index in [0.717, 1.165) is 11.6 Å². The van der Waals surface area contributed by atoms with Crippen molar-refractivity contribution in [2.45, 2.75) is 12.1 Å². The van der Waals surface area contributed by atoms with Gasteiger partial charge in [-0.25, -0.2) is 9.37 Å². The Balaban J connectivity index is 1.71. The lowest BCUT2D eigenvalue weighted by atomic mass is 10.3. The minimum atomic E-state index is -0.261. The third-order valence-electron chi connectivity index (χ3n) is 1.97. The van der Waals surface area contributed by atoms with Crippen LogP contribution in [0.15, 0.2) is 29.4 Å². The Labute approximate surface area is 103 Å². The Morgan fingerprint density at radius 3 is 2.76 bits per heavy atom. The minimum absolute atomic E-state index is 0.261. The van der Waals surface area contributed by atoms with Crippen LogP contribution in [0.2, 0.25) is 0 Å². The molecule has 0 aliphatic heterocycles. The van der Waals surface area contributed by atoms with Crippen molar-refractivity contribution in [1.82, 2.24) is 15.2 Å². The Morgan fingerprint density at radius 2 is 2.12 bits per heavy atom. The molecule has 0 aliphatic rings. The maximum absolute atomic E-state index is 12.6. The number of H-pyrrole nitrogens is 1. The van der Waals surface area contributed by atoms with Crippen molar-refractivity contribution in [2.75, 3.05) is 12.4 Å². The highest BCUT2D eigenvalue weighted by atomic mass is 32.2. The predicted octanol–water partition coefficient (Wildman–Crippen LogP) is 2.42. The monoisotopic (exact) mass is 253 g/mol. The summed E-state index contributed by atoms with van der Waals surface area (Å²) in [6, 6.07) is 5.97. The van der Waals surface area contributed by atoms with E-state index < -0.39 is 0 Å². The topological polar surface area (TPSA) is 50.8 Å². The van der Waals surface area contributed by atoms with Crippen LogP contribution in [-0.4, -0.2) is 27.5 Å². The molecule has 0 radical (unpaired) electrons. The standard InChI is InChI=1S/C11H12FN3OS/c1-8-13-11(15-14-8)17-7-6-16-10-4-2-9(12)3-5-10/h2-5H,6-7H2,1H3,(H,13,14,15). The van der Waals surface area contributed by atoms with Crippen LogP contribution in [0.3, 0.4) is 0 Å². The summed E-state index contributed by atoms with van der Waals surface area (Å²) in [5.41, 5.74) is 0. The number of thioether (sulfide) groups is 1. The molecule has 6 heteroatoms. The molecular weight excluding hydrogens is 241 g/mol. The summed E-state index contributed by atoms with van der Waals surface area (Å²) in [6.45, 7) is 2.38. The van der Waals surface area contributed by atoms with Crippen LogP contribution in [0.25, 0.3) is 0 Å². The van der Waals surface area contributed by atoms with Gasteiger partial charge in [-0.2, -0.15) is 0 Å². The van der Waals surface area contributed by atoms with Gasteiger partial charge in [0.1, 0.15) is 17.4 Å². The van der Waals surface area contributed by atoms with Crippen LogP contribution in [0.4, 0.5) is 4.39 Å². The molecule has 90 valence electrons. The molecule has 0 fully saturated rings. The Morgan fingerprint density at radius 1 is 1.35 bits per heavy atom. The van der Waals surface area contributed by atoms with Gasteiger partial charge in [-0.3, -0.25) is 5.10 Å². The first-order chi connectivity index (χ1) is 8.24. The van der Waals surface area contributed by atoms with Crippen LogP contribution >= 0.6 is 11.8 Å². The fraction of sp³-hybridized carbons (Fsp3) is 0.273. The van der Waals surface area contributed by atoms with E-state index in [1.54, 1.807) is 12.1 Å². The van der Waals surface area contributed by atoms with Gasteiger partial charge < -0.3 is 4.74 Å². The highest BCUT2D eigenvalue weighted by Gasteiger charge is 2.00. The van der Waals surface area contributed by atoms with Crippen molar-refractivity contribution in [3.63, 3.8) is 0 Å². The average molecular weight is 253 g/mol. The number of benzene rings is 1. The van der Waals surface area contributed by atoms with Gasteiger partial charge >= 0.3 is 0 Å². The maximum atomic E-state index is 12.6. The number of hydrogen-bond acceptors (Lipinski definition) is 4. The van der Waals surface area contributed by atoms with Gasteiger partial charge in [0.2, 0.25) is 5.16 Å². The number of aromatic nitrogens is 3. The first kappa shape index (κ1) is 11.9. The van der Waals surface area contributed by atoms with E-state index in [9.17, 15) is 4.39 Å². The molecule has 1 aromatic carbocycles. The normalized spacial score (nSPS) is 10.5. The summed E-state index contributed by atoms with van der Waals surface area (Å²) in [4.78, 5) is 4.16. The molecule has 0 spiro atoms. The molecule has 0 saturated heterocycles. The predicted molar refractivity (Wildman–Crippen MR) is 63.7 cm³/mol. The number of nitrogens with one attached hydrogen (secondary N) is 1. The lowest BCUT2D eigenvalue weighted by Crippen LogP contribution is -2.00. The van der Waals surface area contributed by atoms with E-state index in [1.807, 2.05) is 6.92 Å². The molecule has 0 unspecified atom stereocenters. The van der Waals surface area contributed by atoms with E-state index in [4.69, 9.17) is 4.74 Å². The quantitative estimate of drug-likeness (QED) is 0.656. The zero-order valence-electron chi connectivity index (χ0n) is 9.31. The van der Waals surface area contributed by atoms with Crippen LogP contribution in [0.5, 0.6) is 5.75 Å². The lowest BCUT2D eigenvalue weighted by molar-refractivity contribution is 0.343. The summed E-state index contributed by atoms with van der Waals surface area (Å²) in [7, 11) is 0. The van der Waals surface area contributed by atoms with Crippen LogP contribution in [0.1, 0.15) is 5.82 Å². The molecule has 0 amide bonds. The van der Waals surface area contributed by atoms with Gasteiger partial charge in [0.15, 0.2) is 0 Å². The van der Waals surface area contributed by atoms with Gasteiger partial charge in [0.25, 0.3) is 0 Å². The number of aromatic amines is 1. The molecule has 1 aromatic heterocycles. The van der Waals surface area contributed by atoms with Crippen molar-refractivity contribution < 1.29 is 9.13 Å². The van der Waals surface area contributed by atoms with Crippen LogP contribution < -0.4 is 4.74 Å². The number of hydrogen-bond donors (Lipinski definition) is 1. The van der Waals surface area contributed by atoms with Gasteiger partial charge in [-0.1, -0.05) is 11.8 Å². The number of rotatable bonds is 5. The fourth-order valence-corrected chi connectivity index (χ4v) is 1.87. The second-order valence-electron chi connectivity index (χ2n) is 3.35. The summed E-state index contributed by atoms with van der Waals surface area (Å²) < 4.78 is 18.1. The van der Waals surface area contributed by atoms with Crippen molar-refractivity contribution >= 4 is 11.8 Å². The van der Waals surface area contributed by atoms with Gasteiger partial charge in [0.05, 0.1) is 6.61 Å². The van der Waals surface area contributed by atoms with E-state index >= 15 is 0 Å². The fourth-order valence-electron chi connectivity index (χ4n) is 1.21. The summed E-state index contributed by atoms with van der Waals surface area (Å²) in [5, 5.41) is 7.48. The van der Waals surface area contributed by atoms with Crippen molar-refractivity contribution in [3.05, 3.63) is 35.9 Å². The molecule has 0 atom stereocenters. The number of halogens is 1. The van der Waals surface area contributed by atoms with E-state index in [0.29, 0.717) is 17.5 Å². The van der Waals surface area contributed by atoms with E-state index in [-0.39, 0.29) is 5.82 Å². The smallest absolute Gasteiger partial charge is 0.208 e. The Hall–Kier alpha value is -1.56. The molecule has 0 saturated carbocycles. The Kier molecular flexibility index (Phi) is 3.98. The van der Waals surface area contributed by atoms with Crippen LogP contribution in [-0.2, 0) is 0 Å². The molecule has 2 rings (SSSR count). The second kappa shape index (κ2) is 5.67. The molecular formula is C11H12FN3OS. The highest BCUT2D eigenvalue weighted by molar-refractivity contribution is 7.99. The third-order valence-corrected chi connectivity index (χ3v) is 2.79. The number of ether oxygens (including phenoxy) is 1. The SMILES string of the molecule is Cc1nc(SCCOc2ccc(F)cc2)n[nH]1. The highest BCUT2D eigenvalue weighted by Crippen LogP contribution is 2.14. The van der Waals surface area contributed by atoms with Gasteiger partial charge in [-0.15, -0.1) is 5.10 Å². The average Bonchev–Trinajstić information content (AvgIpc) is 2.73. The first-order valence-electron chi connectivity index (χ1n) is 5.14. The molecule has 4 nitrogen and oxygen atoms in total. The van der Waals surface area contributed by atoms with Gasteiger partial charge in [-0.05, 0) is 31.2 Å². The lowest BCUT2D eigenvalue weighted by Gasteiger charge is -2.04. The number of nitrogens with zero attached hydrogens (tertiary/aromatic N) is 2. The van der Waals surface area contributed by atoms with Crippen LogP contribution in [0, 0.1) is 12.7 Å².